The molecule has 2 N–H and O–H groups in total. The van der Waals surface area contributed by atoms with Gasteiger partial charge < -0.3 is 10.2 Å². The molecular weight excluding hydrogens is 344 g/mol. The second-order valence-electron chi connectivity index (χ2n) is 11.6. The third-order valence-corrected chi connectivity index (χ3v) is 9.87. The summed E-state index contributed by atoms with van der Waals surface area (Å²) in [6.07, 6.45) is 14.6. The van der Waals surface area contributed by atoms with E-state index in [2.05, 4.69) is 33.8 Å². The van der Waals surface area contributed by atoms with Crippen molar-refractivity contribution in [2.45, 2.75) is 104 Å². The summed E-state index contributed by atoms with van der Waals surface area (Å²) >= 11 is 0. The largest absolute Gasteiger partial charge is 0.393 e. The van der Waals surface area contributed by atoms with Crippen LogP contribution in [0.2, 0.25) is 0 Å². The summed E-state index contributed by atoms with van der Waals surface area (Å²) in [4.78, 5) is 0. The van der Waals surface area contributed by atoms with Crippen molar-refractivity contribution in [3.8, 4) is 0 Å². The van der Waals surface area contributed by atoms with Gasteiger partial charge >= 0.3 is 0 Å². The quantitative estimate of drug-likeness (QED) is 0.570. The van der Waals surface area contributed by atoms with E-state index in [-0.39, 0.29) is 12.2 Å². The predicted molar refractivity (Wildman–Crippen MR) is 116 cm³/mol. The molecule has 0 amide bonds. The minimum atomic E-state index is -0.133. The maximum atomic E-state index is 10.3. The Morgan fingerprint density at radius 3 is 2.57 bits per heavy atom. The number of rotatable bonds is 5. The SMILES string of the molecule is CC(C)[C@@H](O)CC[C@@H](C)[C@H]1CC[C@H]2[C@@H]3CC=C4C[C@@H](O)CC[C@@H]4[C@H]3CC[C@]12C. The summed E-state index contributed by atoms with van der Waals surface area (Å²) in [6, 6.07) is 0. The average Bonchev–Trinajstić information content (AvgIpc) is 3.02. The van der Waals surface area contributed by atoms with Crippen LogP contribution in [0.4, 0.5) is 0 Å². The van der Waals surface area contributed by atoms with Crippen LogP contribution < -0.4 is 0 Å². The van der Waals surface area contributed by atoms with Crippen LogP contribution in [-0.2, 0) is 0 Å². The summed E-state index contributed by atoms with van der Waals surface area (Å²) in [7, 11) is 0. The van der Waals surface area contributed by atoms with Crippen molar-refractivity contribution in [1.82, 2.24) is 0 Å². The molecule has 4 rings (SSSR count). The lowest BCUT2D eigenvalue weighted by Gasteiger charge is -2.54. The Morgan fingerprint density at radius 1 is 1.04 bits per heavy atom. The first-order valence-corrected chi connectivity index (χ1v) is 12.4. The summed E-state index contributed by atoms with van der Waals surface area (Å²) < 4.78 is 0. The zero-order valence-corrected chi connectivity index (χ0v) is 18.7. The first-order valence-electron chi connectivity index (χ1n) is 12.4. The Bertz CT molecular complexity index is 581. The molecule has 0 bridgehead atoms. The molecule has 0 saturated heterocycles. The van der Waals surface area contributed by atoms with Crippen LogP contribution in [0.25, 0.3) is 0 Å². The molecule has 0 unspecified atom stereocenters. The molecule has 0 aliphatic heterocycles. The van der Waals surface area contributed by atoms with Gasteiger partial charge in [-0.1, -0.05) is 39.3 Å². The molecule has 2 nitrogen and oxygen atoms in total. The van der Waals surface area contributed by atoms with Gasteiger partial charge in [0, 0.05) is 0 Å². The minimum Gasteiger partial charge on any atom is -0.393 e. The second-order valence-corrected chi connectivity index (χ2v) is 11.6. The lowest BCUT2D eigenvalue weighted by atomic mass is 9.51. The van der Waals surface area contributed by atoms with E-state index in [1.165, 1.54) is 44.9 Å². The highest BCUT2D eigenvalue weighted by Crippen LogP contribution is 2.64. The molecule has 0 heterocycles. The summed E-state index contributed by atoms with van der Waals surface area (Å²) in [5, 5.41) is 20.4. The van der Waals surface area contributed by atoms with E-state index in [1.807, 2.05) is 0 Å². The van der Waals surface area contributed by atoms with E-state index in [0.717, 1.165) is 54.8 Å². The van der Waals surface area contributed by atoms with Crippen LogP contribution in [0.3, 0.4) is 0 Å². The molecule has 0 aromatic rings. The summed E-state index contributed by atoms with van der Waals surface area (Å²) in [6.45, 7) is 9.38. The van der Waals surface area contributed by atoms with Gasteiger partial charge in [0.15, 0.2) is 0 Å². The molecule has 28 heavy (non-hydrogen) atoms. The minimum absolute atomic E-state index is 0.0780. The number of allylic oxidation sites excluding steroid dienone is 1. The topological polar surface area (TPSA) is 40.5 Å². The van der Waals surface area contributed by atoms with Crippen molar-refractivity contribution in [2.75, 3.05) is 0 Å². The van der Waals surface area contributed by atoms with Crippen LogP contribution in [0.5, 0.6) is 0 Å². The third kappa shape index (κ3) is 3.62. The van der Waals surface area contributed by atoms with Crippen LogP contribution in [0.15, 0.2) is 11.6 Å². The fourth-order valence-electron chi connectivity index (χ4n) is 8.19. The molecule has 9 atom stereocenters. The molecule has 3 saturated carbocycles. The zero-order chi connectivity index (χ0) is 20.1. The molecule has 0 aromatic carbocycles. The van der Waals surface area contributed by atoms with Crippen LogP contribution in [-0.4, -0.2) is 22.4 Å². The van der Waals surface area contributed by atoms with E-state index in [0.29, 0.717) is 11.3 Å². The van der Waals surface area contributed by atoms with Crippen molar-refractivity contribution in [1.29, 1.82) is 0 Å². The van der Waals surface area contributed by atoms with E-state index >= 15 is 0 Å². The second kappa shape index (κ2) is 8.06. The van der Waals surface area contributed by atoms with Crippen molar-refractivity contribution >= 4 is 0 Å². The van der Waals surface area contributed by atoms with E-state index < -0.39 is 0 Å². The highest BCUT2D eigenvalue weighted by atomic mass is 16.3. The molecule has 4 aliphatic carbocycles. The number of aliphatic hydroxyl groups excluding tert-OH is 2. The zero-order valence-electron chi connectivity index (χ0n) is 18.7. The molecule has 3 fully saturated rings. The van der Waals surface area contributed by atoms with Gasteiger partial charge in [-0.25, -0.2) is 0 Å². The van der Waals surface area contributed by atoms with E-state index in [1.54, 1.807) is 5.57 Å². The van der Waals surface area contributed by atoms with Crippen LogP contribution >= 0.6 is 0 Å². The molecule has 2 heteroatoms. The highest BCUT2D eigenvalue weighted by Gasteiger charge is 2.56. The Morgan fingerprint density at radius 2 is 1.82 bits per heavy atom. The lowest BCUT2D eigenvalue weighted by Crippen LogP contribution is -2.47. The number of fused-ring (bicyclic) bond motifs is 5. The number of aliphatic hydroxyl groups is 2. The van der Waals surface area contributed by atoms with Gasteiger partial charge in [-0.2, -0.15) is 0 Å². The molecule has 0 spiro atoms. The fourth-order valence-corrected chi connectivity index (χ4v) is 8.19. The van der Waals surface area contributed by atoms with Gasteiger partial charge in [0.05, 0.1) is 12.2 Å². The van der Waals surface area contributed by atoms with Gasteiger partial charge in [-0.15, -0.1) is 0 Å². The molecule has 160 valence electrons. The first kappa shape index (κ1) is 20.9. The molecular formula is C26H44O2. The van der Waals surface area contributed by atoms with Crippen LogP contribution in [0.1, 0.15) is 91.9 Å². The molecule has 0 aromatic heterocycles. The normalized spacial score (nSPS) is 45.0. The van der Waals surface area contributed by atoms with E-state index in [9.17, 15) is 10.2 Å². The van der Waals surface area contributed by atoms with Gasteiger partial charge in [-0.05, 0) is 111 Å². The van der Waals surface area contributed by atoms with Crippen molar-refractivity contribution in [2.24, 2.45) is 46.8 Å². The van der Waals surface area contributed by atoms with E-state index in [4.69, 9.17) is 0 Å². The Labute approximate surface area is 173 Å². The maximum absolute atomic E-state index is 10.3. The third-order valence-electron chi connectivity index (χ3n) is 9.87. The smallest absolute Gasteiger partial charge is 0.0577 e. The Balaban J connectivity index is 1.45. The van der Waals surface area contributed by atoms with Crippen LogP contribution in [0, 0.1) is 46.8 Å². The lowest BCUT2D eigenvalue weighted by molar-refractivity contribution is -0.0307. The van der Waals surface area contributed by atoms with Crippen molar-refractivity contribution in [3.63, 3.8) is 0 Å². The number of hydrogen-bond acceptors (Lipinski definition) is 2. The van der Waals surface area contributed by atoms with Gasteiger partial charge in [0.2, 0.25) is 0 Å². The molecule has 0 radical (unpaired) electrons. The summed E-state index contributed by atoms with van der Waals surface area (Å²) in [5.74, 6) is 5.42. The summed E-state index contributed by atoms with van der Waals surface area (Å²) in [5.41, 5.74) is 2.12. The van der Waals surface area contributed by atoms with Gasteiger partial charge in [-0.3, -0.25) is 0 Å². The Kier molecular flexibility index (Phi) is 6.02. The fraction of sp³-hybridized carbons (Fsp3) is 0.923. The molecule has 4 aliphatic rings. The first-order chi connectivity index (χ1) is 13.3. The highest BCUT2D eigenvalue weighted by molar-refractivity contribution is 5.20. The standard InChI is InChI=1S/C26H44O2/c1-16(2)25(28)12-5-17(3)23-10-11-24-22-8-6-18-15-19(27)7-9-20(18)21(22)13-14-26(23,24)4/h6,16-17,19-25,27-28H,5,7-15H2,1-4H3/t17-,19+,20+,21-,22-,23-,24+,25+,26-/m1/s1. The Hall–Kier alpha value is -0.340. The predicted octanol–water partition coefficient (Wildman–Crippen LogP) is 5.97. The number of hydrogen-bond donors (Lipinski definition) is 2. The monoisotopic (exact) mass is 388 g/mol. The average molecular weight is 389 g/mol. The van der Waals surface area contributed by atoms with Crippen molar-refractivity contribution in [3.05, 3.63) is 11.6 Å². The van der Waals surface area contributed by atoms with Gasteiger partial charge in [0.25, 0.3) is 0 Å². The van der Waals surface area contributed by atoms with Gasteiger partial charge in [0.1, 0.15) is 0 Å². The van der Waals surface area contributed by atoms with Crippen molar-refractivity contribution < 1.29 is 10.2 Å². The maximum Gasteiger partial charge on any atom is 0.0577 e.